The molecule has 0 saturated heterocycles. The maximum Gasteiger partial charge on any atom is 0.303 e. The zero-order valence-corrected chi connectivity index (χ0v) is 7.10. The lowest BCUT2D eigenvalue weighted by Gasteiger charge is -1.82. The number of carboxylic acids is 1. The number of carboxylic acid groups (broad SMARTS) is 1. The molecule has 1 N–H and O–H groups in total. The minimum atomic E-state index is -0.767. The third-order valence-electron chi connectivity index (χ3n) is 0.815. The Hall–Kier alpha value is -0.530. The first-order valence-electron chi connectivity index (χ1n) is 2.94. The van der Waals surface area contributed by atoms with E-state index in [2.05, 4.69) is 21.7 Å². The molecular formula is C7H9BrO2. The van der Waals surface area contributed by atoms with Crippen LogP contribution in [0.3, 0.4) is 0 Å². The quantitative estimate of drug-likeness (QED) is 0.562. The van der Waals surface area contributed by atoms with Crippen LogP contribution in [0, 0.1) is 0 Å². The first-order valence-corrected chi connectivity index (χ1v) is 4.06. The fraction of sp³-hybridized carbons (Fsp3) is 0.429. The van der Waals surface area contributed by atoms with E-state index in [4.69, 9.17) is 5.11 Å². The molecule has 0 unspecified atom stereocenters. The second-order valence-corrected chi connectivity index (χ2v) is 2.31. The Bertz CT molecular complexity index is 157. The maximum atomic E-state index is 9.96. The van der Waals surface area contributed by atoms with Gasteiger partial charge in [-0.05, 0) is 18.6 Å². The molecule has 2 nitrogen and oxygen atoms in total. The summed E-state index contributed by atoms with van der Waals surface area (Å²) in [5.41, 5.74) is 2.83. The number of hydrogen-bond donors (Lipinski definition) is 1. The number of allylic oxidation sites excluding steroid dienone is 1. The summed E-state index contributed by atoms with van der Waals surface area (Å²) in [7, 11) is 0. The summed E-state index contributed by atoms with van der Waals surface area (Å²) in [6, 6.07) is 0. The molecule has 0 saturated carbocycles. The highest BCUT2D eigenvalue weighted by atomic mass is 79.9. The Morgan fingerprint density at radius 1 is 1.60 bits per heavy atom. The highest BCUT2D eigenvalue weighted by Crippen LogP contribution is 1.89. The van der Waals surface area contributed by atoms with E-state index in [0.717, 1.165) is 5.33 Å². The second kappa shape index (κ2) is 6.59. The Morgan fingerprint density at radius 2 is 2.30 bits per heavy atom. The lowest BCUT2D eigenvalue weighted by atomic mass is 10.3. The molecule has 56 valence electrons. The van der Waals surface area contributed by atoms with E-state index in [-0.39, 0.29) is 6.42 Å². The van der Waals surface area contributed by atoms with Crippen LogP contribution in [0.5, 0.6) is 0 Å². The molecule has 0 bridgehead atoms. The number of alkyl halides is 1. The number of halogens is 1. The summed E-state index contributed by atoms with van der Waals surface area (Å²) in [4.78, 5) is 9.96. The zero-order chi connectivity index (χ0) is 7.82. The molecule has 0 aromatic rings. The molecule has 0 spiro atoms. The van der Waals surface area contributed by atoms with Crippen LogP contribution >= 0.6 is 15.9 Å². The first kappa shape index (κ1) is 9.47. The average Bonchev–Trinajstić information content (AvgIpc) is 1.87. The number of hydrogen-bond acceptors (Lipinski definition) is 1. The molecule has 0 amide bonds. The minimum Gasteiger partial charge on any atom is -0.481 e. The van der Waals surface area contributed by atoms with E-state index in [9.17, 15) is 4.79 Å². The Kier molecular flexibility index (Phi) is 6.24. The van der Waals surface area contributed by atoms with Gasteiger partial charge in [0.15, 0.2) is 0 Å². The van der Waals surface area contributed by atoms with Crippen LogP contribution < -0.4 is 0 Å². The van der Waals surface area contributed by atoms with Gasteiger partial charge in [0.05, 0.1) is 0 Å². The molecule has 0 aliphatic heterocycles. The molecule has 0 heterocycles. The van der Waals surface area contributed by atoms with Gasteiger partial charge < -0.3 is 5.11 Å². The number of carbonyl (C=O) groups is 1. The van der Waals surface area contributed by atoms with Gasteiger partial charge in [-0.1, -0.05) is 15.9 Å². The predicted molar refractivity (Wildman–Crippen MR) is 43.3 cm³/mol. The van der Waals surface area contributed by atoms with Crippen molar-refractivity contribution in [1.29, 1.82) is 0 Å². The highest BCUT2D eigenvalue weighted by Gasteiger charge is 1.90. The summed E-state index contributed by atoms with van der Waals surface area (Å²) in [5, 5.41) is 8.96. The second-order valence-electron chi connectivity index (χ2n) is 1.66. The van der Waals surface area contributed by atoms with Crippen molar-refractivity contribution in [2.75, 3.05) is 5.33 Å². The SMILES string of the molecule is O=C(O)CCC=C=CCBr. The van der Waals surface area contributed by atoms with Crippen molar-refractivity contribution < 1.29 is 9.90 Å². The molecule has 0 radical (unpaired) electrons. The van der Waals surface area contributed by atoms with E-state index in [1.165, 1.54) is 0 Å². The Balaban J connectivity index is 3.35. The topological polar surface area (TPSA) is 37.3 Å². The van der Waals surface area contributed by atoms with Gasteiger partial charge in [-0.25, -0.2) is 0 Å². The standard InChI is InChI=1S/C7H9BrO2/c8-6-4-2-1-3-5-7(9)10/h1,4H,3,5-6H2,(H,9,10). The molecule has 0 aromatic carbocycles. The van der Waals surface area contributed by atoms with Crippen molar-refractivity contribution in [3.63, 3.8) is 0 Å². The van der Waals surface area contributed by atoms with Crippen molar-refractivity contribution in [3.8, 4) is 0 Å². The van der Waals surface area contributed by atoms with E-state index < -0.39 is 5.97 Å². The van der Waals surface area contributed by atoms with Crippen molar-refractivity contribution in [3.05, 3.63) is 17.9 Å². The van der Waals surface area contributed by atoms with Crippen LogP contribution in [0.2, 0.25) is 0 Å². The number of aliphatic carboxylic acids is 1. The maximum absolute atomic E-state index is 9.96. The fourth-order valence-electron chi connectivity index (χ4n) is 0.407. The molecule has 10 heavy (non-hydrogen) atoms. The van der Waals surface area contributed by atoms with Gasteiger partial charge in [-0.3, -0.25) is 4.79 Å². The minimum absolute atomic E-state index is 0.184. The van der Waals surface area contributed by atoms with Gasteiger partial charge in [0.1, 0.15) is 0 Å². The normalized spacial score (nSPS) is 8.10. The molecule has 0 fully saturated rings. The van der Waals surface area contributed by atoms with Crippen LogP contribution in [0.15, 0.2) is 17.9 Å². The molecule has 0 atom stereocenters. The fourth-order valence-corrected chi connectivity index (χ4v) is 0.594. The zero-order valence-electron chi connectivity index (χ0n) is 5.51. The van der Waals surface area contributed by atoms with Crippen LogP contribution in [0.1, 0.15) is 12.8 Å². The molecule has 0 aromatic heterocycles. The van der Waals surface area contributed by atoms with Gasteiger partial charge >= 0.3 is 5.97 Å². The first-order chi connectivity index (χ1) is 4.77. The molecule has 0 aliphatic carbocycles. The lowest BCUT2D eigenvalue weighted by molar-refractivity contribution is -0.136. The average molecular weight is 205 g/mol. The third kappa shape index (κ3) is 7.47. The van der Waals surface area contributed by atoms with Crippen LogP contribution in [-0.2, 0) is 4.79 Å². The summed E-state index contributed by atoms with van der Waals surface area (Å²) >= 11 is 3.18. The van der Waals surface area contributed by atoms with Gasteiger partial charge in [-0.2, -0.15) is 0 Å². The van der Waals surface area contributed by atoms with Crippen LogP contribution in [-0.4, -0.2) is 16.4 Å². The Morgan fingerprint density at radius 3 is 2.80 bits per heavy atom. The third-order valence-corrected chi connectivity index (χ3v) is 1.14. The predicted octanol–water partition coefficient (Wildman–Crippen LogP) is 1.96. The van der Waals surface area contributed by atoms with Crippen LogP contribution in [0.4, 0.5) is 0 Å². The van der Waals surface area contributed by atoms with Crippen molar-refractivity contribution >= 4 is 21.9 Å². The summed E-state index contributed by atoms with van der Waals surface area (Å²) in [6.45, 7) is 0. The molecule has 3 heteroatoms. The molecule has 0 rings (SSSR count). The van der Waals surface area contributed by atoms with Crippen molar-refractivity contribution in [2.24, 2.45) is 0 Å². The largest absolute Gasteiger partial charge is 0.481 e. The van der Waals surface area contributed by atoms with Gasteiger partial charge in [-0.15, -0.1) is 5.73 Å². The van der Waals surface area contributed by atoms with E-state index in [0.29, 0.717) is 6.42 Å². The van der Waals surface area contributed by atoms with Crippen molar-refractivity contribution in [1.82, 2.24) is 0 Å². The van der Waals surface area contributed by atoms with Gasteiger partial charge in [0.2, 0.25) is 0 Å². The van der Waals surface area contributed by atoms with E-state index >= 15 is 0 Å². The van der Waals surface area contributed by atoms with E-state index in [1.54, 1.807) is 12.2 Å². The number of rotatable bonds is 4. The van der Waals surface area contributed by atoms with Crippen molar-refractivity contribution in [2.45, 2.75) is 12.8 Å². The molecular weight excluding hydrogens is 196 g/mol. The lowest BCUT2D eigenvalue weighted by Crippen LogP contribution is -1.91. The Labute approximate surface area is 68.4 Å². The van der Waals surface area contributed by atoms with Gasteiger partial charge in [0, 0.05) is 11.8 Å². The monoisotopic (exact) mass is 204 g/mol. The summed E-state index contributed by atoms with van der Waals surface area (Å²) < 4.78 is 0. The van der Waals surface area contributed by atoms with Crippen LogP contribution in [0.25, 0.3) is 0 Å². The van der Waals surface area contributed by atoms with Gasteiger partial charge in [0.25, 0.3) is 0 Å². The summed E-state index contributed by atoms with van der Waals surface area (Å²) in [5.74, 6) is -0.767. The highest BCUT2D eigenvalue weighted by molar-refractivity contribution is 9.09. The molecule has 0 aliphatic rings. The smallest absolute Gasteiger partial charge is 0.303 e. The van der Waals surface area contributed by atoms with E-state index in [1.807, 2.05) is 0 Å². The summed E-state index contributed by atoms with van der Waals surface area (Å²) in [6.07, 6.45) is 4.25.